The molecule has 0 aromatic carbocycles. The van der Waals surface area contributed by atoms with Crippen LogP contribution in [0, 0.1) is 5.92 Å². The third-order valence-electron chi connectivity index (χ3n) is 3.31. The molecule has 0 saturated carbocycles. The van der Waals surface area contributed by atoms with E-state index in [2.05, 4.69) is 29.6 Å². The predicted octanol–water partition coefficient (Wildman–Crippen LogP) is 2.24. The summed E-state index contributed by atoms with van der Waals surface area (Å²) in [6, 6.07) is 0. The third kappa shape index (κ3) is 2.01. The van der Waals surface area contributed by atoms with Gasteiger partial charge in [-0.05, 0) is 18.8 Å². The molecule has 0 aliphatic carbocycles. The Hall–Kier alpha value is -1.19. The SMILES string of the molecule is CCCc1nn(C)c2c1NCC(CC)CN2. The first-order chi connectivity index (χ1) is 7.76. The van der Waals surface area contributed by atoms with Gasteiger partial charge in [0.2, 0.25) is 0 Å². The quantitative estimate of drug-likeness (QED) is 0.824. The number of nitrogens with zero attached hydrogens (tertiary/aromatic N) is 2. The highest BCUT2D eigenvalue weighted by Gasteiger charge is 2.20. The van der Waals surface area contributed by atoms with Crippen LogP contribution in [0.5, 0.6) is 0 Å². The van der Waals surface area contributed by atoms with E-state index in [-0.39, 0.29) is 0 Å². The molecule has 0 radical (unpaired) electrons. The van der Waals surface area contributed by atoms with E-state index in [0.717, 1.165) is 31.7 Å². The van der Waals surface area contributed by atoms with Crippen LogP contribution < -0.4 is 10.6 Å². The van der Waals surface area contributed by atoms with E-state index in [0.29, 0.717) is 5.92 Å². The van der Waals surface area contributed by atoms with Crippen LogP contribution in [0.4, 0.5) is 11.5 Å². The summed E-state index contributed by atoms with van der Waals surface area (Å²) in [4.78, 5) is 0. The number of hydrogen-bond acceptors (Lipinski definition) is 3. The minimum absolute atomic E-state index is 0.710. The van der Waals surface area contributed by atoms with Crippen LogP contribution in [-0.4, -0.2) is 22.9 Å². The fourth-order valence-corrected chi connectivity index (χ4v) is 2.23. The summed E-state index contributed by atoms with van der Waals surface area (Å²) in [6.07, 6.45) is 3.40. The molecule has 1 aliphatic rings. The van der Waals surface area contributed by atoms with E-state index in [1.165, 1.54) is 17.8 Å². The molecule has 1 aromatic rings. The number of aryl methyl sites for hydroxylation is 2. The molecule has 1 aliphatic heterocycles. The van der Waals surface area contributed by atoms with E-state index in [4.69, 9.17) is 0 Å². The molecular formula is C12H22N4. The van der Waals surface area contributed by atoms with Crippen LogP contribution in [0.15, 0.2) is 0 Å². The van der Waals surface area contributed by atoms with E-state index in [1.54, 1.807) is 0 Å². The van der Waals surface area contributed by atoms with Crippen molar-refractivity contribution < 1.29 is 0 Å². The van der Waals surface area contributed by atoms with E-state index in [1.807, 2.05) is 11.7 Å². The van der Waals surface area contributed by atoms with Crippen LogP contribution >= 0.6 is 0 Å². The predicted molar refractivity (Wildman–Crippen MR) is 68.0 cm³/mol. The number of rotatable bonds is 3. The lowest BCUT2D eigenvalue weighted by Crippen LogP contribution is -2.19. The zero-order chi connectivity index (χ0) is 11.5. The number of nitrogens with one attached hydrogen (secondary N) is 2. The van der Waals surface area contributed by atoms with Crippen molar-refractivity contribution >= 4 is 11.5 Å². The van der Waals surface area contributed by atoms with Crippen LogP contribution in [0.1, 0.15) is 32.4 Å². The van der Waals surface area contributed by atoms with Crippen molar-refractivity contribution in [3.63, 3.8) is 0 Å². The van der Waals surface area contributed by atoms with Crippen LogP contribution in [0.2, 0.25) is 0 Å². The Morgan fingerprint density at radius 1 is 1.31 bits per heavy atom. The second-order valence-electron chi connectivity index (χ2n) is 4.58. The Balaban J connectivity index is 2.24. The molecule has 2 heterocycles. The van der Waals surface area contributed by atoms with E-state index in [9.17, 15) is 0 Å². The number of fused-ring (bicyclic) bond motifs is 1. The van der Waals surface area contributed by atoms with Crippen molar-refractivity contribution in [1.82, 2.24) is 9.78 Å². The first-order valence-corrected chi connectivity index (χ1v) is 6.29. The molecule has 0 saturated heterocycles. The largest absolute Gasteiger partial charge is 0.380 e. The van der Waals surface area contributed by atoms with Crippen molar-refractivity contribution in [3.8, 4) is 0 Å². The maximum atomic E-state index is 4.57. The Kier molecular flexibility index (Phi) is 3.36. The molecule has 1 atom stereocenters. The average molecular weight is 222 g/mol. The highest BCUT2D eigenvalue weighted by molar-refractivity contribution is 5.69. The first kappa shape index (κ1) is 11.3. The third-order valence-corrected chi connectivity index (χ3v) is 3.31. The Morgan fingerprint density at radius 2 is 2.06 bits per heavy atom. The summed E-state index contributed by atoms with van der Waals surface area (Å²) in [5.41, 5.74) is 2.42. The lowest BCUT2D eigenvalue weighted by Gasteiger charge is -2.11. The number of anilines is 2. The average Bonchev–Trinajstić information content (AvgIpc) is 2.49. The van der Waals surface area contributed by atoms with Gasteiger partial charge in [0.25, 0.3) is 0 Å². The molecule has 1 unspecified atom stereocenters. The minimum Gasteiger partial charge on any atom is -0.380 e. The molecule has 0 fully saturated rings. The minimum atomic E-state index is 0.710. The zero-order valence-corrected chi connectivity index (χ0v) is 10.5. The van der Waals surface area contributed by atoms with Gasteiger partial charge in [0.15, 0.2) is 0 Å². The molecule has 0 spiro atoms. The monoisotopic (exact) mass is 222 g/mol. The van der Waals surface area contributed by atoms with Crippen molar-refractivity contribution in [1.29, 1.82) is 0 Å². The molecule has 2 rings (SSSR count). The van der Waals surface area contributed by atoms with Gasteiger partial charge in [0, 0.05) is 20.1 Å². The molecule has 4 nitrogen and oxygen atoms in total. The summed E-state index contributed by atoms with van der Waals surface area (Å²) in [6.45, 7) is 6.54. The van der Waals surface area contributed by atoms with Crippen molar-refractivity contribution in [2.24, 2.45) is 13.0 Å². The molecule has 1 aromatic heterocycles. The van der Waals surface area contributed by atoms with Gasteiger partial charge in [0.05, 0.1) is 5.69 Å². The molecular weight excluding hydrogens is 200 g/mol. The van der Waals surface area contributed by atoms with Gasteiger partial charge in [-0.3, -0.25) is 4.68 Å². The fourth-order valence-electron chi connectivity index (χ4n) is 2.23. The molecule has 0 bridgehead atoms. The van der Waals surface area contributed by atoms with Gasteiger partial charge in [0.1, 0.15) is 11.5 Å². The smallest absolute Gasteiger partial charge is 0.148 e. The second kappa shape index (κ2) is 4.76. The Morgan fingerprint density at radius 3 is 2.75 bits per heavy atom. The second-order valence-corrected chi connectivity index (χ2v) is 4.58. The molecule has 2 N–H and O–H groups in total. The standard InChI is InChI=1S/C12H22N4/c1-4-6-10-11-12(16(3)15-10)14-8-9(5-2)7-13-11/h9,13-14H,4-8H2,1-3H3. The summed E-state index contributed by atoms with van der Waals surface area (Å²) in [5.74, 6) is 1.86. The normalized spacial score (nSPS) is 19.6. The molecule has 90 valence electrons. The lowest BCUT2D eigenvalue weighted by molar-refractivity contribution is 0.566. The highest BCUT2D eigenvalue weighted by atomic mass is 15.3. The Labute approximate surface area is 97.4 Å². The summed E-state index contributed by atoms with van der Waals surface area (Å²) in [7, 11) is 2.01. The fraction of sp³-hybridized carbons (Fsp3) is 0.750. The summed E-state index contributed by atoms with van der Waals surface area (Å²) in [5, 5.41) is 11.6. The molecule has 16 heavy (non-hydrogen) atoms. The van der Waals surface area contributed by atoms with Gasteiger partial charge in [-0.2, -0.15) is 5.10 Å². The van der Waals surface area contributed by atoms with Gasteiger partial charge in [-0.25, -0.2) is 0 Å². The topological polar surface area (TPSA) is 41.9 Å². The molecule has 0 amide bonds. The van der Waals surface area contributed by atoms with Gasteiger partial charge in [-0.1, -0.05) is 20.3 Å². The highest BCUT2D eigenvalue weighted by Crippen LogP contribution is 2.29. The van der Waals surface area contributed by atoms with E-state index < -0.39 is 0 Å². The maximum absolute atomic E-state index is 4.57. The van der Waals surface area contributed by atoms with Gasteiger partial charge < -0.3 is 10.6 Å². The van der Waals surface area contributed by atoms with Crippen molar-refractivity contribution in [2.45, 2.75) is 33.1 Å². The molecule has 4 heteroatoms. The van der Waals surface area contributed by atoms with Crippen LogP contribution in [-0.2, 0) is 13.5 Å². The van der Waals surface area contributed by atoms with Gasteiger partial charge in [-0.15, -0.1) is 0 Å². The Bertz CT molecular complexity index is 356. The maximum Gasteiger partial charge on any atom is 0.148 e. The summed E-state index contributed by atoms with van der Waals surface area (Å²) < 4.78 is 1.96. The zero-order valence-electron chi connectivity index (χ0n) is 10.5. The first-order valence-electron chi connectivity index (χ1n) is 6.29. The van der Waals surface area contributed by atoms with Gasteiger partial charge >= 0.3 is 0 Å². The van der Waals surface area contributed by atoms with Crippen LogP contribution in [0.3, 0.4) is 0 Å². The lowest BCUT2D eigenvalue weighted by atomic mass is 10.1. The number of hydrogen-bond donors (Lipinski definition) is 2. The van der Waals surface area contributed by atoms with E-state index >= 15 is 0 Å². The van der Waals surface area contributed by atoms with Crippen LogP contribution in [0.25, 0.3) is 0 Å². The van der Waals surface area contributed by atoms with Crippen molar-refractivity contribution in [3.05, 3.63) is 5.69 Å². The summed E-state index contributed by atoms with van der Waals surface area (Å²) >= 11 is 0. The number of aromatic nitrogens is 2. The van der Waals surface area contributed by atoms with Crippen molar-refractivity contribution in [2.75, 3.05) is 23.7 Å².